The molecule has 0 bridgehead atoms. The fourth-order valence-corrected chi connectivity index (χ4v) is 1.99. The average molecular weight is 377 g/mol. The quantitative estimate of drug-likeness (QED) is 0.525. The number of nitrogens with one attached hydrogen (secondary N) is 2. The molecule has 2 aromatic carbocycles. The third-order valence-electron chi connectivity index (χ3n) is 3.50. The number of hydrogen-bond acceptors (Lipinski definition) is 5. The molecule has 0 saturated heterocycles. The molecule has 0 aliphatic rings. The minimum Gasteiger partial charge on any atom is -0.452 e. The van der Waals surface area contributed by atoms with E-state index in [0.717, 1.165) is 17.7 Å². The Labute approximate surface area is 153 Å². The molecule has 2 rings (SSSR count). The van der Waals surface area contributed by atoms with Crippen molar-refractivity contribution in [2.45, 2.75) is 6.92 Å². The van der Waals surface area contributed by atoms with Gasteiger partial charge in [0.15, 0.2) is 18.2 Å². The van der Waals surface area contributed by atoms with E-state index in [1.165, 1.54) is 18.2 Å². The van der Waals surface area contributed by atoms with Gasteiger partial charge in [0.2, 0.25) is 5.91 Å². The molecule has 0 radical (unpaired) electrons. The lowest BCUT2D eigenvalue weighted by molar-refractivity contribution is -0.126. The van der Waals surface area contributed by atoms with Gasteiger partial charge in [0.1, 0.15) is 0 Å². The molecule has 142 valence electrons. The Bertz CT molecular complexity index is 887. The second-order valence-electron chi connectivity index (χ2n) is 5.60. The van der Waals surface area contributed by atoms with Crippen LogP contribution in [0.4, 0.5) is 20.2 Å². The summed E-state index contributed by atoms with van der Waals surface area (Å²) in [6.45, 7) is 0.751. The maximum atomic E-state index is 13.1. The summed E-state index contributed by atoms with van der Waals surface area (Å²) in [7, 11) is 0. The van der Waals surface area contributed by atoms with E-state index in [-0.39, 0.29) is 11.3 Å². The first kappa shape index (κ1) is 19.8. The summed E-state index contributed by atoms with van der Waals surface area (Å²) in [5.41, 5.74) is 7.16. The Morgan fingerprint density at radius 3 is 2.44 bits per heavy atom. The van der Waals surface area contributed by atoms with E-state index in [0.29, 0.717) is 5.69 Å². The van der Waals surface area contributed by atoms with E-state index in [4.69, 9.17) is 10.5 Å². The van der Waals surface area contributed by atoms with Crippen molar-refractivity contribution in [3.63, 3.8) is 0 Å². The van der Waals surface area contributed by atoms with Crippen molar-refractivity contribution in [2.24, 2.45) is 0 Å². The van der Waals surface area contributed by atoms with Crippen LogP contribution in [0.3, 0.4) is 0 Å². The first-order valence-electron chi connectivity index (χ1n) is 7.81. The van der Waals surface area contributed by atoms with Crippen molar-refractivity contribution in [3.05, 3.63) is 59.2 Å². The number of carbonyl (C=O) groups excluding carboxylic acids is 3. The van der Waals surface area contributed by atoms with Gasteiger partial charge in [-0.15, -0.1) is 0 Å². The largest absolute Gasteiger partial charge is 0.452 e. The maximum absolute atomic E-state index is 13.1. The highest BCUT2D eigenvalue weighted by atomic mass is 19.2. The summed E-state index contributed by atoms with van der Waals surface area (Å²) in [6.07, 6.45) is 0. The van der Waals surface area contributed by atoms with Crippen LogP contribution in [0.25, 0.3) is 0 Å². The zero-order valence-electron chi connectivity index (χ0n) is 14.3. The van der Waals surface area contributed by atoms with Gasteiger partial charge in [0, 0.05) is 17.4 Å². The van der Waals surface area contributed by atoms with Gasteiger partial charge in [-0.05, 0) is 36.8 Å². The number of aryl methyl sites for hydroxylation is 1. The summed E-state index contributed by atoms with van der Waals surface area (Å²) in [5.74, 6) is -4.25. The number of nitrogens with two attached hydrogens (primary N) is 1. The lowest BCUT2D eigenvalue weighted by Gasteiger charge is -2.08. The van der Waals surface area contributed by atoms with Crippen molar-refractivity contribution in [1.29, 1.82) is 0 Å². The Balaban J connectivity index is 1.76. The normalized spacial score (nSPS) is 10.2. The topological polar surface area (TPSA) is 111 Å². The summed E-state index contributed by atoms with van der Waals surface area (Å²) < 4.78 is 30.7. The number of benzene rings is 2. The van der Waals surface area contributed by atoms with Gasteiger partial charge in [-0.1, -0.05) is 6.07 Å². The number of nitrogen functional groups attached to an aromatic ring is 1. The highest BCUT2D eigenvalue weighted by Gasteiger charge is 2.12. The van der Waals surface area contributed by atoms with Crippen LogP contribution >= 0.6 is 0 Å². The zero-order valence-corrected chi connectivity index (χ0v) is 14.3. The second-order valence-corrected chi connectivity index (χ2v) is 5.60. The third kappa shape index (κ3) is 5.77. The van der Waals surface area contributed by atoms with E-state index in [1.807, 2.05) is 0 Å². The minimum atomic E-state index is -1.11. The van der Waals surface area contributed by atoms with Gasteiger partial charge >= 0.3 is 5.97 Å². The Kier molecular flexibility index (Phi) is 6.42. The van der Waals surface area contributed by atoms with Gasteiger partial charge in [0.05, 0.1) is 12.1 Å². The van der Waals surface area contributed by atoms with Crippen molar-refractivity contribution < 1.29 is 27.9 Å². The predicted molar refractivity (Wildman–Crippen MR) is 93.9 cm³/mol. The van der Waals surface area contributed by atoms with E-state index in [9.17, 15) is 23.2 Å². The monoisotopic (exact) mass is 377 g/mol. The molecule has 0 atom stereocenters. The molecule has 0 aliphatic carbocycles. The first-order chi connectivity index (χ1) is 12.8. The van der Waals surface area contributed by atoms with Crippen LogP contribution in [-0.4, -0.2) is 30.9 Å². The molecule has 0 aliphatic heterocycles. The highest BCUT2D eigenvalue weighted by Crippen LogP contribution is 2.14. The zero-order chi connectivity index (χ0) is 20.0. The van der Waals surface area contributed by atoms with Crippen LogP contribution in [0.15, 0.2) is 36.4 Å². The van der Waals surface area contributed by atoms with Crippen molar-refractivity contribution in [2.75, 3.05) is 24.2 Å². The number of rotatable bonds is 6. The molecule has 9 heteroatoms. The summed E-state index contributed by atoms with van der Waals surface area (Å²) in [6, 6.07) is 7.44. The number of ether oxygens (including phenoxy) is 1. The van der Waals surface area contributed by atoms with Crippen LogP contribution in [0.2, 0.25) is 0 Å². The fourth-order valence-electron chi connectivity index (χ4n) is 1.99. The number of carbonyl (C=O) groups is 3. The molecule has 2 aromatic rings. The van der Waals surface area contributed by atoms with Crippen LogP contribution < -0.4 is 16.4 Å². The molecular formula is C18H17F2N3O4. The SMILES string of the molecule is Cc1ccc(C(=O)OCC(=O)NCC(=O)Nc2ccc(F)c(F)c2)cc1N. The number of anilines is 2. The lowest BCUT2D eigenvalue weighted by Crippen LogP contribution is -2.35. The summed E-state index contributed by atoms with van der Waals surface area (Å²) in [4.78, 5) is 35.2. The molecule has 2 amide bonds. The molecule has 27 heavy (non-hydrogen) atoms. The Morgan fingerprint density at radius 2 is 1.78 bits per heavy atom. The van der Waals surface area contributed by atoms with E-state index in [1.54, 1.807) is 13.0 Å². The number of esters is 1. The average Bonchev–Trinajstić information content (AvgIpc) is 2.63. The van der Waals surface area contributed by atoms with E-state index >= 15 is 0 Å². The smallest absolute Gasteiger partial charge is 0.338 e. The highest BCUT2D eigenvalue weighted by molar-refractivity contribution is 5.95. The van der Waals surface area contributed by atoms with Crippen LogP contribution in [0.1, 0.15) is 15.9 Å². The Morgan fingerprint density at radius 1 is 1.04 bits per heavy atom. The predicted octanol–water partition coefficient (Wildman–Crippen LogP) is 1.77. The van der Waals surface area contributed by atoms with E-state index in [2.05, 4.69) is 10.6 Å². The number of halogens is 2. The molecule has 0 aromatic heterocycles. The molecule has 0 unspecified atom stereocenters. The van der Waals surface area contributed by atoms with Gasteiger partial charge in [0.25, 0.3) is 5.91 Å². The van der Waals surface area contributed by atoms with Crippen LogP contribution in [0, 0.1) is 18.6 Å². The third-order valence-corrected chi connectivity index (χ3v) is 3.50. The van der Waals surface area contributed by atoms with Crippen molar-refractivity contribution in [3.8, 4) is 0 Å². The fraction of sp³-hybridized carbons (Fsp3) is 0.167. The molecule has 7 nitrogen and oxygen atoms in total. The molecule has 0 spiro atoms. The summed E-state index contributed by atoms with van der Waals surface area (Å²) >= 11 is 0. The van der Waals surface area contributed by atoms with Gasteiger partial charge in [-0.25, -0.2) is 13.6 Å². The molecule has 0 fully saturated rings. The summed E-state index contributed by atoms with van der Waals surface area (Å²) in [5, 5.41) is 4.52. The van der Waals surface area contributed by atoms with Gasteiger partial charge in [-0.3, -0.25) is 9.59 Å². The van der Waals surface area contributed by atoms with Crippen molar-refractivity contribution >= 4 is 29.2 Å². The van der Waals surface area contributed by atoms with Crippen LogP contribution in [-0.2, 0) is 14.3 Å². The van der Waals surface area contributed by atoms with Crippen LogP contribution in [0.5, 0.6) is 0 Å². The first-order valence-corrected chi connectivity index (χ1v) is 7.81. The van der Waals surface area contributed by atoms with Gasteiger partial charge < -0.3 is 21.1 Å². The molecule has 4 N–H and O–H groups in total. The second kappa shape index (κ2) is 8.75. The lowest BCUT2D eigenvalue weighted by atomic mass is 10.1. The molecular weight excluding hydrogens is 360 g/mol. The Hall–Kier alpha value is -3.49. The van der Waals surface area contributed by atoms with E-state index < -0.39 is 42.6 Å². The maximum Gasteiger partial charge on any atom is 0.338 e. The number of amides is 2. The standard InChI is InChI=1S/C18H17F2N3O4/c1-10-2-3-11(6-15(10)21)18(26)27-9-17(25)22-8-16(24)23-12-4-5-13(19)14(20)7-12/h2-7H,8-9,21H2,1H3,(H,22,25)(H,23,24). The molecule has 0 saturated carbocycles. The van der Waals surface area contributed by atoms with Gasteiger partial charge in [-0.2, -0.15) is 0 Å². The minimum absolute atomic E-state index is 0.0385. The molecule has 0 heterocycles. The number of hydrogen-bond donors (Lipinski definition) is 3. The van der Waals surface area contributed by atoms with Crippen molar-refractivity contribution in [1.82, 2.24) is 5.32 Å².